The highest BCUT2D eigenvalue weighted by Crippen LogP contribution is 2.37. The van der Waals surface area contributed by atoms with Crippen LogP contribution in [-0.4, -0.2) is 38.7 Å². The van der Waals surface area contributed by atoms with E-state index in [0.717, 1.165) is 22.2 Å². The lowest BCUT2D eigenvalue weighted by Crippen LogP contribution is -2.41. The first-order chi connectivity index (χ1) is 19.3. The zero-order valence-corrected chi connectivity index (χ0v) is 26.4. The van der Waals surface area contributed by atoms with Crippen LogP contribution in [0.25, 0.3) is 22.0 Å². The number of ether oxygens (including phenoxy) is 2. The Morgan fingerprint density at radius 2 is 1.71 bits per heavy atom. The summed E-state index contributed by atoms with van der Waals surface area (Å²) in [4.78, 5) is 18.8. The molecule has 0 radical (unpaired) electrons. The van der Waals surface area contributed by atoms with Crippen molar-refractivity contribution in [3.8, 4) is 22.6 Å². The van der Waals surface area contributed by atoms with E-state index in [9.17, 15) is 4.79 Å². The number of rotatable bonds is 10. The molecule has 41 heavy (non-hydrogen) atoms. The fourth-order valence-electron chi connectivity index (χ4n) is 4.49. The predicted octanol–water partition coefficient (Wildman–Crippen LogP) is 7.13. The normalized spacial score (nSPS) is 12.0. The van der Waals surface area contributed by atoms with Crippen LogP contribution in [0.4, 0.5) is 17.2 Å². The Morgan fingerprint density at radius 1 is 1.02 bits per heavy atom. The highest BCUT2D eigenvalue weighted by atomic mass is 28.4. The molecule has 0 bridgehead atoms. The Bertz CT molecular complexity index is 1570. The van der Waals surface area contributed by atoms with Gasteiger partial charge in [-0.15, -0.1) is 0 Å². The fourth-order valence-corrected chi connectivity index (χ4v) is 5.58. The van der Waals surface area contributed by atoms with Crippen LogP contribution in [0.3, 0.4) is 0 Å². The van der Waals surface area contributed by atoms with E-state index in [0.29, 0.717) is 53.7 Å². The average Bonchev–Trinajstić information content (AvgIpc) is 2.92. The van der Waals surface area contributed by atoms with Crippen molar-refractivity contribution in [3.63, 3.8) is 0 Å². The molecule has 0 aliphatic heterocycles. The van der Waals surface area contributed by atoms with Crippen molar-refractivity contribution < 1.29 is 13.9 Å². The van der Waals surface area contributed by atoms with Crippen LogP contribution >= 0.6 is 0 Å². The summed E-state index contributed by atoms with van der Waals surface area (Å²) in [6.45, 7) is 14.2. The molecule has 8 nitrogen and oxygen atoms in total. The van der Waals surface area contributed by atoms with E-state index in [-0.39, 0.29) is 10.6 Å². The summed E-state index contributed by atoms with van der Waals surface area (Å²) in [6.07, 6.45) is 2.48. The molecule has 0 fully saturated rings. The Labute approximate surface area is 243 Å². The molecular weight excluding hydrogens is 532 g/mol. The lowest BCUT2D eigenvalue weighted by atomic mass is 10.0. The van der Waals surface area contributed by atoms with Gasteiger partial charge in [-0.3, -0.25) is 4.79 Å². The minimum absolute atomic E-state index is 0.104. The zero-order valence-electron chi connectivity index (χ0n) is 25.4. The summed E-state index contributed by atoms with van der Waals surface area (Å²) in [5.74, 6) is 1.84. The number of fused-ring (bicyclic) bond motifs is 1. The van der Waals surface area contributed by atoms with Gasteiger partial charge in [0.05, 0.1) is 31.1 Å². The van der Waals surface area contributed by atoms with E-state index in [1.807, 2.05) is 54.0 Å². The van der Waals surface area contributed by atoms with Gasteiger partial charge in [0.25, 0.3) is 5.56 Å². The minimum Gasteiger partial charge on any atom is -0.497 e. The number of hydrogen-bond acceptors (Lipinski definition) is 7. The van der Waals surface area contributed by atoms with Gasteiger partial charge in [-0.2, -0.15) is 0 Å². The van der Waals surface area contributed by atoms with Gasteiger partial charge in [0.15, 0.2) is 8.32 Å². The number of nitrogens with one attached hydrogen (secondary N) is 1. The molecule has 0 saturated carbocycles. The van der Waals surface area contributed by atoms with Crippen LogP contribution in [-0.2, 0) is 11.0 Å². The molecule has 0 atom stereocenters. The SMILES string of the molecule is COc1cc(OC)cc(-c2cc3cnc(Nc4c(C)cccc4N)cc3n(CCCO[Si](C)(C)C(C)(C)C)c2=O)c1. The van der Waals surface area contributed by atoms with Crippen LogP contribution in [0.15, 0.2) is 59.5 Å². The number of benzene rings is 2. The highest BCUT2D eigenvalue weighted by Gasteiger charge is 2.36. The molecule has 9 heteroatoms. The van der Waals surface area contributed by atoms with Gasteiger partial charge in [0, 0.05) is 42.4 Å². The standard InChI is InChI=1S/C32H42N4O4Si/c1-21-11-9-12-27(33)30(21)35-29-19-28-23(20-34-29)17-26(22-15-24(38-5)18-25(16-22)39-6)31(37)36(28)13-10-14-40-41(7,8)32(2,3)4/h9,11-12,15-20H,10,13-14,33H2,1-8H3,(H,34,35). The predicted molar refractivity (Wildman–Crippen MR) is 171 cm³/mol. The Kier molecular flexibility index (Phi) is 8.79. The molecule has 3 N–H and O–H groups in total. The number of nitrogen functional groups attached to an aromatic ring is 1. The third-order valence-corrected chi connectivity index (χ3v) is 12.5. The molecule has 0 saturated heterocycles. The van der Waals surface area contributed by atoms with E-state index in [2.05, 4.69) is 44.2 Å². The summed E-state index contributed by atoms with van der Waals surface area (Å²) in [6, 6.07) is 15.0. The number of aromatic nitrogens is 2. The third-order valence-electron chi connectivity index (χ3n) is 7.99. The van der Waals surface area contributed by atoms with Crippen molar-refractivity contribution in [2.75, 3.05) is 31.9 Å². The fraction of sp³-hybridized carbons (Fsp3) is 0.375. The van der Waals surface area contributed by atoms with Crippen LogP contribution in [0, 0.1) is 6.92 Å². The van der Waals surface area contributed by atoms with Crippen molar-refractivity contribution in [1.82, 2.24) is 9.55 Å². The topological polar surface area (TPSA) is 101 Å². The number of aryl methyl sites for hydroxylation is 2. The molecule has 218 valence electrons. The van der Waals surface area contributed by atoms with E-state index < -0.39 is 8.32 Å². The second kappa shape index (κ2) is 12.0. The molecule has 0 unspecified atom stereocenters. The number of nitrogens with zero attached hydrogens (tertiary/aromatic N) is 2. The zero-order chi connectivity index (χ0) is 29.9. The van der Waals surface area contributed by atoms with Crippen molar-refractivity contribution in [2.24, 2.45) is 0 Å². The smallest absolute Gasteiger partial charge is 0.258 e. The first-order valence-electron chi connectivity index (χ1n) is 13.9. The maximum Gasteiger partial charge on any atom is 0.258 e. The maximum atomic E-state index is 14.1. The van der Waals surface area contributed by atoms with Crippen molar-refractivity contribution in [1.29, 1.82) is 0 Å². The maximum absolute atomic E-state index is 14.1. The van der Waals surface area contributed by atoms with Gasteiger partial charge in [-0.1, -0.05) is 32.9 Å². The van der Waals surface area contributed by atoms with Gasteiger partial charge in [-0.05, 0) is 66.9 Å². The summed E-state index contributed by atoms with van der Waals surface area (Å²) < 4.78 is 19.2. The van der Waals surface area contributed by atoms with Gasteiger partial charge in [0.1, 0.15) is 17.3 Å². The summed E-state index contributed by atoms with van der Waals surface area (Å²) in [5.41, 5.74) is 10.6. The molecule has 4 aromatic rings. The number of pyridine rings is 2. The van der Waals surface area contributed by atoms with Gasteiger partial charge >= 0.3 is 0 Å². The molecular formula is C32H42N4O4Si. The summed E-state index contributed by atoms with van der Waals surface area (Å²) in [5, 5.41) is 4.32. The number of nitrogens with two attached hydrogens (primary N) is 1. The largest absolute Gasteiger partial charge is 0.497 e. The summed E-state index contributed by atoms with van der Waals surface area (Å²) >= 11 is 0. The monoisotopic (exact) mass is 574 g/mol. The molecule has 0 spiro atoms. The Morgan fingerprint density at radius 3 is 2.32 bits per heavy atom. The van der Waals surface area contributed by atoms with Gasteiger partial charge < -0.3 is 29.5 Å². The highest BCUT2D eigenvalue weighted by molar-refractivity contribution is 6.74. The molecule has 2 aromatic heterocycles. The average molecular weight is 575 g/mol. The minimum atomic E-state index is -1.91. The van der Waals surface area contributed by atoms with Gasteiger partial charge in [-0.25, -0.2) is 4.98 Å². The second-order valence-corrected chi connectivity index (χ2v) is 16.7. The van der Waals surface area contributed by atoms with E-state index >= 15 is 0 Å². The Hall–Kier alpha value is -3.82. The van der Waals surface area contributed by atoms with Crippen LogP contribution in [0.1, 0.15) is 32.8 Å². The lowest BCUT2D eigenvalue weighted by Gasteiger charge is -2.36. The molecule has 2 heterocycles. The van der Waals surface area contributed by atoms with E-state index in [4.69, 9.17) is 19.6 Å². The quantitative estimate of drug-likeness (QED) is 0.118. The first-order valence-corrected chi connectivity index (χ1v) is 16.8. The molecule has 0 aliphatic carbocycles. The molecule has 2 aromatic carbocycles. The van der Waals surface area contributed by atoms with Crippen molar-refractivity contribution >= 4 is 36.4 Å². The number of anilines is 3. The van der Waals surface area contributed by atoms with Crippen LogP contribution in [0.2, 0.25) is 18.1 Å². The van der Waals surface area contributed by atoms with Crippen molar-refractivity contribution in [2.45, 2.75) is 58.8 Å². The third kappa shape index (κ3) is 6.57. The van der Waals surface area contributed by atoms with E-state index in [1.54, 1.807) is 26.5 Å². The Balaban J connectivity index is 1.78. The number of methoxy groups -OCH3 is 2. The summed E-state index contributed by atoms with van der Waals surface area (Å²) in [7, 11) is 1.29. The molecule has 0 aliphatic rings. The molecule has 4 rings (SSSR count). The first kappa shape index (κ1) is 30.1. The lowest BCUT2D eigenvalue weighted by molar-refractivity contribution is 0.275. The van der Waals surface area contributed by atoms with Gasteiger partial charge in [0.2, 0.25) is 0 Å². The van der Waals surface area contributed by atoms with Crippen LogP contribution in [0.5, 0.6) is 11.5 Å². The number of para-hydroxylation sites is 1. The van der Waals surface area contributed by atoms with Crippen LogP contribution < -0.4 is 26.1 Å². The van der Waals surface area contributed by atoms with Crippen molar-refractivity contribution in [3.05, 3.63) is 70.6 Å². The molecule has 0 amide bonds. The number of hydrogen-bond donors (Lipinski definition) is 2. The van der Waals surface area contributed by atoms with E-state index in [1.165, 1.54) is 0 Å². The second-order valence-electron chi connectivity index (χ2n) is 11.9.